The van der Waals surface area contributed by atoms with Gasteiger partial charge in [0.1, 0.15) is 0 Å². The molecule has 0 saturated carbocycles. The SMILES string of the molecule is CS(=O)CC(=O)c1[nH]c2cc(Br)c(Cl)cc2c1-c1ccn[nH]1. The number of aromatic nitrogens is 3. The van der Waals surface area contributed by atoms with E-state index >= 15 is 0 Å². The normalized spacial score (nSPS) is 12.7. The van der Waals surface area contributed by atoms with Crippen molar-refractivity contribution >= 4 is 55.0 Å². The number of nitrogens with one attached hydrogen (secondary N) is 2. The fourth-order valence-electron chi connectivity index (χ4n) is 2.33. The number of halogens is 2. The summed E-state index contributed by atoms with van der Waals surface area (Å²) in [4.78, 5) is 15.5. The zero-order chi connectivity index (χ0) is 15.9. The van der Waals surface area contributed by atoms with Crippen molar-refractivity contribution < 1.29 is 9.00 Å². The molecule has 0 saturated heterocycles. The van der Waals surface area contributed by atoms with Gasteiger partial charge in [-0.2, -0.15) is 5.10 Å². The molecule has 0 amide bonds. The van der Waals surface area contributed by atoms with E-state index in [0.29, 0.717) is 22.0 Å². The van der Waals surface area contributed by atoms with E-state index in [9.17, 15) is 9.00 Å². The Kier molecular flexibility index (Phi) is 4.20. The van der Waals surface area contributed by atoms with Gasteiger partial charge in [0.05, 0.1) is 22.2 Å². The molecule has 2 N–H and O–H groups in total. The lowest BCUT2D eigenvalue weighted by Gasteiger charge is -2.02. The molecule has 0 spiro atoms. The van der Waals surface area contributed by atoms with Crippen LogP contribution in [0.3, 0.4) is 0 Å². The lowest BCUT2D eigenvalue weighted by atomic mass is 10.1. The second-order valence-corrected chi connectivity index (χ2v) is 7.49. The van der Waals surface area contributed by atoms with E-state index in [1.54, 1.807) is 18.3 Å². The maximum atomic E-state index is 12.4. The van der Waals surface area contributed by atoms with Gasteiger partial charge in [0.25, 0.3) is 0 Å². The van der Waals surface area contributed by atoms with Crippen molar-refractivity contribution in [2.24, 2.45) is 0 Å². The van der Waals surface area contributed by atoms with Crippen LogP contribution in [0.15, 0.2) is 28.9 Å². The maximum absolute atomic E-state index is 12.4. The monoisotopic (exact) mass is 399 g/mol. The Morgan fingerprint density at radius 2 is 2.23 bits per heavy atom. The third-order valence-electron chi connectivity index (χ3n) is 3.22. The molecule has 5 nitrogen and oxygen atoms in total. The molecule has 1 atom stereocenters. The van der Waals surface area contributed by atoms with Gasteiger partial charge in [0, 0.05) is 44.2 Å². The molecule has 3 aromatic rings. The smallest absolute Gasteiger partial charge is 0.192 e. The van der Waals surface area contributed by atoms with Crippen molar-refractivity contribution in [1.82, 2.24) is 15.2 Å². The van der Waals surface area contributed by atoms with Crippen LogP contribution in [0.1, 0.15) is 10.5 Å². The third kappa shape index (κ3) is 2.76. The predicted molar refractivity (Wildman–Crippen MR) is 91.9 cm³/mol. The molecule has 0 aliphatic heterocycles. The van der Waals surface area contributed by atoms with E-state index in [4.69, 9.17) is 11.6 Å². The molecule has 0 aliphatic carbocycles. The first-order valence-electron chi connectivity index (χ1n) is 6.31. The highest BCUT2D eigenvalue weighted by atomic mass is 79.9. The summed E-state index contributed by atoms with van der Waals surface area (Å²) in [6.45, 7) is 0. The summed E-state index contributed by atoms with van der Waals surface area (Å²) in [5, 5.41) is 8.15. The van der Waals surface area contributed by atoms with E-state index in [1.807, 2.05) is 6.07 Å². The Morgan fingerprint density at radius 3 is 2.86 bits per heavy atom. The Labute approximate surface area is 142 Å². The van der Waals surface area contributed by atoms with Gasteiger partial charge in [-0.05, 0) is 34.1 Å². The molecule has 3 rings (SSSR count). The minimum absolute atomic E-state index is 0.0388. The topological polar surface area (TPSA) is 78.6 Å². The lowest BCUT2D eigenvalue weighted by Crippen LogP contribution is -2.11. The summed E-state index contributed by atoms with van der Waals surface area (Å²) < 4.78 is 12.1. The summed E-state index contributed by atoms with van der Waals surface area (Å²) in [5.74, 6) is -0.253. The largest absolute Gasteiger partial charge is 0.351 e. The second kappa shape index (κ2) is 5.98. The van der Waals surface area contributed by atoms with Crippen molar-refractivity contribution in [2.75, 3.05) is 12.0 Å². The Morgan fingerprint density at radius 1 is 1.45 bits per heavy atom. The molecule has 114 valence electrons. The van der Waals surface area contributed by atoms with Crippen LogP contribution >= 0.6 is 27.5 Å². The second-order valence-electron chi connectivity index (χ2n) is 4.80. The van der Waals surface area contributed by atoms with Crippen LogP contribution in [0.25, 0.3) is 22.2 Å². The van der Waals surface area contributed by atoms with Gasteiger partial charge in [-0.3, -0.25) is 14.1 Å². The van der Waals surface area contributed by atoms with Crippen LogP contribution in [0, 0.1) is 0 Å². The van der Waals surface area contributed by atoms with Crippen molar-refractivity contribution in [1.29, 1.82) is 0 Å². The number of hydrogen-bond acceptors (Lipinski definition) is 3. The number of hydrogen-bond donors (Lipinski definition) is 2. The van der Waals surface area contributed by atoms with E-state index in [2.05, 4.69) is 31.1 Å². The van der Waals surface area contributed by atoms with E-state index < -0.39 is 10.8 Å². The maximum Gasteiger partial charge on any atom is 0.192 e. The Hall–Kier alpha value is -1.44. The molecular formula is C14H11BrClN3O2S. The van der Waals surface area contributed by atoms with Gasteiger partial charge < -0.3 is 4.98 Å². The van der Waals surface area contributed by atoms with Crippen molar-refractivity contribution in [3.05, 3.63) is 39.6 Å². The van der Waals surface area contributed by atoms with E-state index in [0.717, 1.165) is 15.4 Å². The number of ketones is 1. The van der Waals surface area contributed by atoms with Gasteiger partial charge in [-0.15, -0.1) is 0 Å². The first kappa shape index (κ1) is 15.5. The van der Waals surface area contributed by atoms with Gasteiger partial charge in [0.15, 0.2) is 5.78 Å². The quantitative estimate of drug-likeness (QED) is 0.658. The number of fused-ring (bicyclic) bond motifs is 1. The van der Waals surface area contributed by atoms with Crippen LogP contribution in [-0.4, -0.2) is 37.2 Å². The van der Waals surface area contributed by atoms with Crippen LogP contribution in [-0.2, 0) is 10.8 Å². The average Bonchev–Trinajstić information content (AvgIpc) is 3.05. The minimum Gasteiger partial charge on any atom is -0.351 e. The number of benzene rings is 1. The molecule has 0 fully saturated rings. The number of aromatic amines is 2. The number of Topliss-reactive ketones (excluding diaryl/α,β-unsaturated/α-hetero) is 1. The number of H-pyrrole nitrogens is 2. The first-order chi connectivity index (χ1) is 10.5. The highest BCUT2D eigenvalue weighted by Crippen LogP contribution is 2.36. The molecule has 22 heavy (non-hydrogen) atoms. The molecular weight excluding hydrogens is 390 g/mol. The number of carbonyl (C=O) groups is 1. The Bertz CT molecular complexity index is 889. The summed E-state index contributed by atoms with van der Waals surface area (Å²) in [7, 11) is -1.21. The lowest BCUT2D eigenvalue weighted by molar-refractivity contribution is 0.101. The van der Waals surface area contributed by atoms with Crippen LogP contribution in [0.5, 0.6) is 0 Å². The number of nitrogens with zero attached hydrogens (tertiary/aromatic N) is 1. The molecule has 1 unspecified atom stereocenters. The summed E-state index contributed by atoms with van der Waals surface area (Å²) in [6.07, 6.45) is 3.12. The summed E-state index contributed by atoms with van der Waals surface area (Å²) in [6, 6.07) is 5.38. The number of carbonyl (C=O) groups excluding carboxylic acids is 1. The zero-order valence-corrected chi connectivity index (χ0v) is 14.6. The van der Waals surface area contributed by atoms with E-state index in [1.165, 1.54) is 6.26 Å². The van der Waals surface area contributed by atoms with Crippen LogP contribution < -0.4 is 0 Å². The molecule has 8 heteroatoms. The first-order valence-corrected chi connectivity index (χ1v) is 9.21. The van der Waals surface area contributed by atoms with Gasteiger partial charge in [-0.1, -0.05) is 11.6 Å². The molecule has 2 heterocycles. The summed E-state index contributed by atoms with van der Waals surface area (Å²) in [5.41, 5.74) is 2.57. The molecule has 0 aliphatic rings. The van der Waals surface area contributed by atoms with Gasteiger partial charge in [0.2, 0.25) is 0 Å². The standard InChI is InChI=1S/C14H11BrClN3O2S/c1-22(21)6-12(20)14-13(10-2-3-17-19-10)7-4-9(16)8(15)5-11(7)18-14/h2-5,18H,6H2,1H3,(H,17,19). The fraction of sp³-hybridized carbons (Fsp3) is 0.143. The fourth-order valence-corrected chi connectivity index (χ4v) is 3.35. The van der Waals surface area contributed by atoms with Crippen LogP contribution in [0.2, 0.25) is 5.02 Å². The van der Waals surface area contributed by atoms with Crippen LogP contribution in [0.4, 0.5) is 0 Å². The molecule has 2 aromatic heterocycles. The highest BCUT2D eigenvalue weighted by molar-refractivity contribution is 9.10. The van der Waals surface area contributed by atoms with Crippen molar-refractivity contribution in [3.8, 4) is 11.3 Å². The zero-order valence-electron chi connectivity index (χ0n) is 11.4. The highest BCUT2D eigenvalue weighted by Gasteiger charge is 2.21. The molecule has 0 radical (unpaired) electrons. The molecule has 0 bridgehead atoms. The summed E-state index contributed by atoms with van der Waals surface area (Å²) >= 11 is 9.54. The minimum atomic E-state index is -1.21. The van der Waals surface area contributed by atoms with Gasteiger partial charge in [-0.25, -0.2) is 0 Å². The molecule has 1 aromatic carbocycles. The predicted octanol–water partition coefficient (Wildman–Crippen LogP) is 3.54. The Balaban J connectivity index is 2.29. The average molecular weight is 401 g/mol. The third-order valence-corrected chi connectivity index (χ3v) is 5.09. The number of rotatable bonds is 4. The van der Waals surface area contributed by atoms with Gasteiger partial charge >= 0.3 is 0 Å². The van der Waals surface area contributed by atoms with Crippen molar-refractivity contribution in [3.63, 3.8) is 0 Å². The van der Waals surface area contributed by atoms with E-state index in [-0.39, 0.29) is 11.5 Å². The van der Waals surface area contributed by atoms with Crippen molar-refractivity contribution in [2.45, 2.75) is 0 Å².